The first-order valence-electron chi connectivity index (χ1n) is 6.43. The minimum Gasteiger partial charge on any atom is -0.480 e. The Morgan fingerprint density at radius 1 is 1.32 bits per heavy atom. The molecule has 0 aliphatic heterocycles. The van der Waals surface area contributed by atoms with Crippen molar-refractivity contribution in [1.82, 2.24) is 0 Å². The minimum absolute atomic E-state index is 0.366. The topological polar surface area (TPSA) is 75.6 Å². The van der Waals surface area contributed by atoms with Gasteiger partial charge in [-0.2, -0.15) is 0 Å². The third-order valence-corrected chi connectivity index (χ3v) is 4.95. The largest absolute Gasteiger partial charge is 0.480 e. The van der Waals surface area contributed by atoms with E-state index in [9.17, 15) is 9.59 Å². The van der Waals surface area contributed by atoms with Crippen LogP contribution in [0.1, 0.15) is 36.1 Å². The van der Waals surface area contributed by atoms with Crippen molar-refractivity contribution in [2.24, 2.45) is 5.41 Å². The summed E-state index contributed by atoms with van der Waals surface area (Å²) in [5.74, 6) is -1.78. The number of carbonyl (C=O) groups is 2. The summed E-state index contributed by atoms with van der Waals surface area (Å²) in [6.45, 7) is 0. The maximum atomic E-state index is 11.8. The van der Waals surface area contributed by atoms with Crippen molar-refractivity contribution in [2.45, 2.75) is 38.5 Å². The molecule has 2 N–H and O–H groups in total. The molecule has 0 atom stereocenters. The molecular weight excluding hydrogens is 266 g/mol. The molecule has 19 heavy (non-hydrogen) atoms. The number of carboxylic acid groups (broad SMARTS) is 1. The smallest absolute Gasteiger partial charge is 0.349 e. The van der Waals surface area contributed by atoms with Gasteiger partial charge in [-0.3, -0.25) is 4.79 Å². The third kappa shape index (κ3) is 2.10. The number of rotatable bonds is 4. The first-order valence-corrected chi connectivity index (χ1v) is 7.31. The summed E-state index contributed by atoms with van der Waals surface area (Å²) in [5.41, 5.74) is 3.37. The van der Waals surface area contributed by atoms with Crippen LogP contribution in [0.4, 0.5) is 5.69 Å². The van der Waals surface area contributed by atoms with Gasteiger partial charge in [-0.05, 0) is 44.1 Å². The second kappa shape index (κ2) is 4.52. The van der Waals surface area contributed by atoms with Crippen LogP contribution < -0.4 is 5.48 Å². The van der Waals surface area contributed by atoms with Crippen LogP contribution in [0.2, 0.25) is 0 Å². The molecule has 1 aromatic rings. The summed E-state index contributed by atoms with van der Waals surface area (Å²) in [5, 5.41) is 10.9. The van der Waals surface area contributed by atoms with Crippen molar-refractivity contribution in [2.75, 3.05) is 5.48 Å². The molecule has 1 heterocycles. The Hall–Kier alpha value is -1.56. The Balaban J connectivity index is 1.65. The molecule has 6 heteroatoms. The first-order chi connectivity index (χ1) is 9.13. The van der Waals surface area contributed by atoms with Crippen molar-refractivity contribution in [3.63, 3.8) is 0 Å². The third-order valence-electron chi connectivity index (χ3n) is 3.87. The number of fused-ring (bicyclic) bond motifs is 1. The predicted octanol–water partition coefficient (Wildman–Crippen LogP) is 2.36. The van der Waals surface area contributed by atoms with E-state index in [2.05, 4.69) is 5.48 Å². The zero-order valence-corrected chi connectivity index (χ0v) is 11.2. The number of anilines is 1. The Kier molecular flexibility index (Phi) is 2.97. The van der Waals surface area contributed by atoms with Crippen LogP contribution in [0.15, 0.2) is 5.38 Å². The minimum atomic E-state index is -1.30. The van der Waals surface area contributed by atoms with Crippen LogP contribution in [0.25, 0.3) is 0 Å². The molecule has 5 nitrogen and oxygen atoms in total. The van der Waals surface area contributed by atoms with E-state index in [1.165, 1.54) is 16.9 Å². The van der Waals surface area contributed by atoms with Crippen molar-refractivity contribution in [1.29, 1.82) is 0 Å². The number of hydrogen-bond acceptors (Lipinski definition) is 5. The molecule has 0 saturated heterocycles. The molecule has 3 rings (SSSR count). The lowest BCUT2D eigenvalue weighted by Crippen LogP contribution is -2.29. The molecule has 1 saturated carbocycles. The van der Waals surface area contributed by atoms with Gasteiger partial charge in [0.1, 0.15) is 0 Å². The number of thiophene rings is 1. The number of carboxylic acids is 1. The Labute approximate surface area is 114 Å². The van der Waals surface area contributed by atoms with Crippen LogP contribution in [-0.2, 0) is 27.3 Å². The van der Waals surface area contributed by atoms with Crippen LogP contribution >= 0.6 is 11.3 Å². The average molecular weight is 281 g/mol. The van der Waals surface area contributed by atoms with E-state index in [0.29, 0.717) is 12.8 Å². The standard InChI is InChI=1S/C13H15NO4S/c15-11(16)13(5-6-13)12(17)18-14-9-7-19-10-4-2-1-3-8(9)10/h7,14H,1-6H2,(H,15,16). The fraction of sp³-hybridized carbons (Fsp3) is 0.538. The molecule has 1 aromatic heterocycles. The van der Waals surface area contributed by atoms with E-state index >= 15 is 0 Å². The first kappa shape index (κ1) is 12.5. The molecule has 0 unspecified atom stereocenters. The molecule has 0 bridgehead atoms. The highest BCUT2D eigenvalue weighted by Gasteiger charge is 2.59. The quantitative estimate of drug-likeness (QED) is 0.654. The molecule has 1 fully saturated rings. The number of aryl methyl sites for hydroxylation is 1. The molecule has 0 spiro atoms. The lowest BCUT2D eigenvalue weighted by Gasteiger charge is -2.14. The second-order valence-electron chi connectivity index (χ2n) is 5.14. The molecule has 2 aliphatic carbocycles. The maximum absolute atomic E-state index is 11.8. The monoisotopic (exact) mass is 281 g/mol. The SMILES string of the molecule is O=C(O)C1(C(=O)ONc2csc3c2CCCC3)CC1. The summed E-state index contributed by atoms with van der Waals surface area (Å²) < 4.78 is 0. The van der Waals surface area contributed by atoms with E-state index in [1.54, 1.807) is 11.3 Å². The lowest BCUT2D eigenvalue weighted by molar-refractivity contribution is -0.159. The van der Waals surface area contributed by atoms with E-state index in [4.69, 9.17) is 9.94 Å². The van der Waals surface area contributed by atoms with Gasteiger partial charge >= 0.3 is 11.9 Å². The Morgan fingerprint density at radius 2 is 2.05 bits per heavy atom. The molecular formula is C13H15NO4S. The maximum Gasteiger partial charge on any atom is 0.349 e. The van der Waals surface area contributed by atoms with Gasteiger partial charge in [0, 0.05) is 10.3 Å². The number of hydrogen-bond donors (Lipinski definition) is 2. The van der Waals surface area contributed by atoms with Crippen molar-refractivity contribution in [3.8, 4) is 0 Å². The van der Waals surface area contributed by atoms with Gasteiger partial charge in [-0.1, -0.05) is 0 Å². The van der Waals surface area contributed by atoms with Crippen molar-refractivity contribution < 1.29 is 19.5 Å². The summed E-state index contributed by atoms with van der Waals surface area (Å²) in [6, 6.07) is 0. The zero-order chi connectivity index (χ0) is 13.5. The Bertz CT molecular complexity index is 533. The normalized spacial score (nSPS) is 19.4. The highest BCUT2D eigenvalue weighted by molar-refractivity contribution is 7.10. The summed E-state index contributed by atoms with van der Waals surface area (Å²) in [7, 11) is 0. The second-order valence-corrected chi connectivity index (χ2v) is 6.10. The van der Waals surface area contributed by atoms with Gasteiger partial charge in [0.25, 0.3) is 0 Å². The fourth-order valence-corrected chi connectivity index (χ4v) is 3.48. The van der Waals surface area contributed by atoms with Gasteiger partial charge in [0.05, 0.1) is 5.69 Å². The van der Waals surface area contributed by atoms with Gasteiger partial charge in [0.15, 0.2) is 5.41 Å². The number of carbonyl (C=O) groups excluding carboxylic acids is 1. The van der Waals surface area contributed by atoms with Gasteiger partial charge in [-0.15, -0.1) is 11.3 Å². The van der Waals surface area contributed by atoms with Crippen LogP contribution in [-0.4, -0.2) is 17.0 Å². The molecule has 0 amide bonds. The number of nitrogens with one attached hydrogen (secondary N) is 1. The van der Waals surface area contributed by atoms with Gasteiger partial charge in [0.2, 0.25) is 0 Å². The van der Waals surface area contributed by atoms with E-state index in [-0.39, 0.29) is 0 Å². The van der Waals surface area contributed by atoms with Gasteiger partial charge in [-0.25, -0.2) is 10.3 Å². The zero-order valence-electron chi connectivity index (χ0n) is 10.4. The fourth-order valence-electron chi connectivity index (χ4n) is 2.41. The van der Waals surface area contributed by atoms with Gasteiger partial charge < -0.3 is 9.94 Å². The summed E-state index contributed by atoms with van der Waals surface area (Å²) in [4.78, 5) is 29.1. The highest BCUT2D eigenvalue weighted by Crippen LogP contribution is 2.47. The summed E-state index contributed by atoms with van der Waals surface area (Å²) in [6.07, 6.45) is 5.15. The average Bonchev–Trinajstić information content (AvgIpc) is 3.13. The van der Waals surface area contributed by atoms with Crippen molar-refractivity contribution in [3.05, 3.63) is 15.8 Å². The summed E-state index contributed by atoms with van der Waals surface area (Å²) >= 11 is 1.66. The lowest BCUT2D eigenvalue weighted by atomic mass is 9.98. The highest BCUT2D eigenvalue weighted by atomic mass is 32.1. The van der Waals surface area contributed by atoms with E-state index in [0.717, 1.165) is 24.9 Å². The van der Waals surface area contributed by atoms with E-state index < -0.39 is 17.4 Å². The molecule has 0 radical (unpaired) electrons. The van der Waals surface area contributed by atoms with Crippen LogP contribution in [0.3, 0.4) is 0 Å². The van der Waals surface area contributed by atoms with Crippen LogP contribution in [0, 0.1) is 5.41 Å². The molecule has 0 aromatic carbocycles. The van der Waals surface area contributed by atoms with E-state index in [1.807, 2.05) is 5.38 Å². The number of aliphatic carboxylic acids is 1. The Morgan fingerprint density at radius 3 is 2.74 bits per heavy atom. The molecule has 102 valence electrons. The predicted molar refractivity (Wildman–Crippen MR) is 70.0 cm³/mol. The van der Waals surface area contributed by atoms with Crippen LogP contribution in [0.5, 0.6) is 0 Å². The molecule has 2 aliphatic rings. The van der Waals surface area contributed by atoms with Crippen molar-refractivity contribution >= 4 is 29.0 Å².